The van der Waals surface area contributed by atoms with Crippen molar-refractivity contribution in [2.24, 2.45) is 0 Å². The monoisotopic (exact) mass is 260 g/mol. The van der Waals surface area contributed by atoms with Gasteiger partial charge in [-0.2, -0.15) is 11.3 Å². The molecule has 0 amide bonds. The van der Waals surface area contributed by atoms with Gasteiger partial charge in [-0.25, -0.2) is 0 Å². The molecule has 96 valence electrons. The Labute approximate surface area is 110 Å². The largest absolute Gasteiger partial charge is 0.150 e. The van der Waals surface area contributed by atoms with Crippen molar-refractivity contribution in [2.45, 2.75) is 55.4 Å². The van der Waals surface area contributed by atoms with E-state index >= 15 is 0 Å². The summed E-state index contributed by atoms with van der Waals surface area (Å²) in [5.41, 5.74) is 0. The van der Waals surface area contributed by atoms with Crippen LogP contribution < -0.4 is 0 Å². The fraction of sp³-hybridized carbons (Fsp3) is 0.571. The molecule has 0 nitrogen and oxygen atoms in total. The zero-order chi connectivity index (χ0) is 13.4. The predicted octanol–water partition coefficient (Wildman–Crippen LogP) is 7.07. The maximum Gasteiger partial charge on any atom is 0.0449 e. The minimum absolute atomic E-state index is 1.39. The van der Waals surface area contributed by atoms with Crippen LogP contribution in [0.25, 0.3) is 10.1 Å². The maximum absolute atomic E-state index is 2.18. The number of rotatable bonds is 0. The summed E-state index contributed by atoms with van der Waals surface area (Å²) in [4.78, 5) is 0. The minimum atomic E-state index is 1.39. The molecule has 0 saturated carbocycles. The molecular weight excluding hydrogens is 232 g/mol. The molecule has 2 rings (SSSR count). The molecule has 2 aromatic heterocycles. The molecule has 0 aliphatic heterocycles. The SMILES string of the molecule is CC.CC.CC.CC.c1cc2cscc2s1. The summed E-state index contributed by atoms with van der Waals surface area (Å²) in [7, 11) is 0. The minimum Gasteiger partial charge on any atom is -0.150 e. The van der Waals surface area contributed by atoms with Gasteiger partial charge >= 0.3 is 0 Å². The summed E-state index contributed by atoms with van der Waals surface area (Å²) in [5.74, 6) is 0. The summed E-state index contributed by atoms with van der Waals surface area (Å²) >= 11 is 3.57. The van der Waals surface area contributed by atoms with E-state index in [1.54, 1.807) is 22.7 Å². The molecule has 0 aliphatic carbocycles. The molecular formula is C14H28S2. The van der Waals surface area contributed by atoms with Crippen LogP contribution in [0.15, 0.2) is 22.2 Å². The van der Waals surface area contributed by atoms with E-state index in [0.717, 1.165) is 0 Å². The maximum atomic E-state index is 2.18. The van der Waals surface area contributed by atoms with E-state index in [4.69, 9.17) is 0 Å². The van der Waals surface area contributed by atoms with Gasteiger partial charge in [0.15, 0.2) is 0 Å². The van der Waals surface area contributed by atoms with Crippen molar-refractivity contribution in [3.8, 4) is 0 Å². The molecule has 0 saturated heterocycles. The lowest BCUT2D eigenvalue weighted by atomic mass is 10.4. The van der Waals surface area contributed by atoms with Crippen molar-refractivity contribution >= 4 is 32.8 Å². The Kier molecular flexibility index (Phi) is 26.4. The Bertz CT molecular complexity index is 230. The summed E-state index contributed by atoms with van der Waals surface area (Å²) in [6, 6.07) is 2.15. The fourth-order valence-electron chi connectivity index (χ4n) is 0.693. The van der Waals surface area contributed by atoms with Gasteiger partial charge in [-0.05, 0) is 16.8 Å². The summed E-state index contributed by atoms with van der Waals surface area (Å²) in [5, 5.41) is 7.86. The molecule has 16 heavy (non-hydrogen) atoms. The smallest absolute Gasteiger partial charge is 0.0449 e. The van der Waals surface area contributed by atoms with Crippen LogP contribution in [0.5, 0.6) is 0 Å². The Hall–Kier alpha value is -0.340. The third-order valence-electron chi connectivity index (χ3n) is 1.10. The average Bonchev–Trinajstić information content (AvgIpc) is 3.02. The second-order valence-electron chi connectivity index (χ2n) is 1.61. The number of hydrogen-bond acceptors (Lipinski definition) is 2. The molecule has 0 bridgehead atoms. The van der Waals surface area contributed by atoms with E-state index in [9.17, 15) is 0 Å². The Balaban J connectivity index is -0.000000183. The molecule has 2 heterocycles. The normalized spacial score (nSPS) is 6.75. The van der Waals surface area contributed by atoms with Crippen LogP contribution in [0.4, 0.5) is 0 Å². The van der Waals surface area contributed by atoms with Gasteiger partial charge in [-0.15, -0.1) is 11.3 Å². The van der Waals surface area contributed by atoms with Crippen LogP contribution in [0, 0.1) is 0 Å². The first kappa shape index (κ1) is 21.0. The van der Waals surface area contributed by atoms with Gasteiger partial charge in [0.05, 0.1) is 0 Å². The van der Waals surface area contributed by atoms with Crippen molar-refractivity contribution in [1.29, 1.82) is 0 Å². The molecule has 2 heteroatoms. The summed E-state index contributed by atoms with van der Waals surface area (Å²) in [6.07, 6.45) is 0. The van der Waals surface area contributed by atoms with Crippen LogP contribution in [-0.2, 0) is 0 Å². The Morgan fingerprint density at radius 2 is 1.25 bits per heavy atom. The first-order valence-electron chi connectivity index (χ1n) is 6.36. The highest BCUT2D eigenvalue weighted by atomic mass is 32.1. The molecule has 0 aliphatic rings. The highest BCUT2D eigenvalue weighted by Gasteiger charge is 1.90. The molecule has 0 unspecified atom stereocenters. The quantitative estimate of drug-likeness (QED) is 0.475. The topological polar surface area (TPSA) is 0 Å². The molecule has 0 atom stereocenters. The average molecular weight is 261 g/mol. The third kappa shape index (κ3) is 8.93. The summed E-state index contributed by atoms with van der Waals surface area (Å²) in [6.45, 7) is 16.0. The lowest BCUT2D eigenvalue weighted by Gasteiger charge is -1.63. The van der Waals surface area contributed by atoms with Crippen LogP contribution >= 0.6 is 22.7 Å². The van der Waals surface area contributed by atoms with Gasteiger partial charge in [-0.3, -0.25) is 0 Å². The number of thiophene rings is 2. The molecule has 0 spiro atoms. The van der Waals surface area contributed by atoms with Crippen molar-refractivity contribution in [3.63, 3.8) is 0 Å². The lowest BCUT2D eigenvalue weighted by Crippen LogP contribution is -1.36. The molecule has 0 radical (unpaired) electrons. The van der Waals surface area contributed by atoms with Crippen molar-refractivity contribution in [1.82, 2.24) is 0 Å². The fourth-order valence-corrected chi connectivity index (χ4v) is 2.46. The van der Waals surface area contributed by atoms with E-state index < -0.39 is 0 Å². The predicted molar refractivity (Wildman–Crippen MR) is 85.1 cm³/mol. The zero-order valence-corrected chi connectivity index (χ0v) is 13.8. The Morgan fingerprint density at radius 3 is 1.69 bits per heavy atom. The van der Waals surface area contributed by atoms with Gasteiger partial charge < -0.3 is 0 Å². The van der Waals surface area contributed by atoms with Crippen molar-refractivity contribution < 1.29 is 0 Å². The summed E-state index contributed by atoms with van der Waals surface area (Å²) < 4.78 is 1.41. The van der Waals surface area contributed by atoms with E-state index in [1.807, 2.05) is 55.4 Å². The molecule has 0 fully saturated rings. The van der Waals surface area contributed by atoms with Gasteiger partial charge in [0, 0.05) is 15.5 Å². The van der Waals surface area contributed by atoms with E-state index in [0.29, 0.717) is 0 Å². The second kappa shape index (κ2) is 20.1. The Morgan fingerprint density at radius 1 is 0.750 bits per heavy atom. The standard InChI is InChI=1S/C6H4S2.4C2H6/c1-2-8-6-4-7-3-5(1)6;4*1-2/h1-4H;4*1-2H3. The second-order valence-corrected chi connectivity index (χ2v) is 3.30. The highest BCUT2D eigenvalue weighted by molar-refractivity contribution is 7.21. The first-order chi connectivity index (χ1) is 7.97. The van der Waals surface area contributed by atoms with Gasteiger partial charge in [0.2, 0.25) is 0 Å². The van der Waals surface area contributed by atoms with Crippen LogP contribution in [0.1, 0.15) is 55.4 Å². The number of hydrogen-bond donors (Lipinski definition) is 0. The van der Waals surface area contributed by atoms with Crippen molar-refractivity contribution in [2.75, 3.05) is 0 Å². The third-order valence-corrected chi connectivity index (χ3v) is 2.89. The van der Waals surface area contributed by atoms with Gasteiger partial charge in [0.25, 0.3) is 0 Å². The number of fused-ring (bicyclic) bond motifs is 1. The highest BCUT2D eigenvalue weighted by Crippen LogP contribution is 2.23. The van der Waals surface area contributed by atoms with Gasteiger partial charge in [0.1, 0.15) is 0 Å². The van der Waals surface area contributed by atoms with Crippen molar-refractivity contribution in [3.05, 3.63) is 22.2 Å². The van der Waals surface area contributed by atoms with E-state index in [1.165, 1.54) is 10.1 Å². The lowest BCUT2D eigenvalue weighted by molar-refractivity contribution is 1.50. The van der Waals surface area contributed by atoms with E-state index in [2.05, 4.69) is 22.2 Å². The molecule has 0 aromatic carbocycles. The van der Waals surface area contributed by atoms with Crippen LogP contribution in [-0.4, -0.2) is 0 Å². The van der Waals surface area contributed by atoms with E-state index in [-0.39, 0.29) is 0 Å². The zero-order valence-electron chi connectivity index (χ0n) is 12.1. The molecule has 0 N–H and O–H groups in total. The van der Waals surface area contributed by atoms with Gasteiger partial charge in [-0.1, -0.05) is 55.4 Å². The van der Waals surface area contributed by atoms with Crippen LogP contribution in [0.2, 0.25) is 0 Å². The first-order valence-corrected chi connectivity index (χ1v) is 8.18. The van der Waals surface area contributed by atoms with Crippen LogP contribution in [0.3, 0.4) is 0 Å². The molecule has 2 aromatic rings.